The molecule has 3 aromatic rings. The maximum Gasteiger partial charge on any atom is 0.243 e. The molecule has 0 bridgehead atoms. The number of aryl methyl sites for hydroxylation is 1. The smallest absolute Gasteiger partial charge is 0.243 e. The van der Waals surface area contributed by atoms with Crippen LogP contribution in [-0.2, 0) is 24.3 Å². The number of nitrogens with one attached hydrogen (secondary N) is 1. The second-order valence-electron chi connectivity index (χ2n) is 10.2. The van der Waals surface area contributed by atoms with Gasteiger partial charge in [0.1, 0.15) is 0 Å². The van der Waals surface area contributed by atoms with Crippen molar-refractivity contribution in [2.45, 2.75) is 30.8 Å². The Morgan fingerprint density at radius 1 is 1.13 bits per heavy atom. The summed E-state index contributed by atoms with van der Waals surface area (Å²) in [6, 6.07) is 13.6. The fraction of sp³-hybridized carbons (Fsp3) is 0.464. The predicted molar refractivity (Wildman–Crippen MR) is 148 cm³/mol. The number of nitrogens with zero attached hydrogens (tertiary/aromatic N) is 3. The lowest BCUT2D eigenvalue weighted by Gasteiger charge is -2.33. The fourth-order valence-corrected chi connectivity index (χ4v) is 6.45. The lowest BCUT2D eigenvalue weighted by Crippen LogP contribution is -2.50. The van der Waals surface area contributed by atoms with Gasteiger partial charge in [0.05, 0.1) is 30.8 Å². The van der Waals surface area contributed by atoms with Crippen molar-refractivity contribution in [3.63, 3.8) is 0 Å². The highest BCUT2D eigenvalue weighted by Gasteiger charge is 2.30. The Morgan fingerprint density at radius 2 is 1.92 bits per heavy atom. The number of hydrogen-bond acceptors (Lipinski definition) is 6. The first kappa shape index (κ1) is 26.7. The molecule has 38 heavy (non-hydrogen) atoms. The molecule has 1 atom stereocenters. The summed E-state index contributed by atoms with van der Waals surface area (Å²) in [6.45, 7) is 5.30. The van der Waals surface area contributed by atoms with E-state index in [1.807, 2.05) is 6.07 Å². The number of carbonyl (C=O) groups is 1. The van der Waals surface area contributed by atoms with E-state index in [9.17, 15) is 13.2 Å². The van der Waals surface area contributed by atoms with Gasteiger partial charge in [-0.1, -0.05) is 12.1 Å². The van der Waals surface area contributed by atoms with Crippen LogP contribution in [0.25, 0.3) is 22.2 Å². The van der Waals surface area contributed by atoms with Gasteiger partial charge in [-0.25, -0.2) is 8.42 Å². The zero-order chi connectivity index (χ0) is 26.9. The van der Waals surface area contributed by atoms with Crippen LogP contribution in [0.2, 0.25) is 0 Å². The van der Waals surface area contributed by atoms with E-state index in [2.05, 4.69) is 41.1 Å². The van der Waals surface area contributed by atoms with E-state index in [0.717, 1.165) is 63.6 Å². The molecule has 9 nitrogen and oxygen atoms in total. The van der Waals surface area contributed by atoms with E-state index in [0.29, 0.717) is 26.3 Å². The molecule has 0 saturated carbocycles. The number of benzene rings is 2. The average Bonchev–Trinajstić information content (AvgIpc) is 3.59. The molecule has 3 heterocycles. The van der Waals surface area contributed by atoms with Gasteiger partial charge in [-0.15, -0.1) is 0 Å². The standard InChI is InChI=1S/C28H36N4O5S/c1-20-6-7-21-15-26(29-25(21)14-20)24-16-23(8-9-27(24)31-10-4-5-11-31)38(34,35)30(2)18-28(33)32-12-13-37-22(17-32)19-36-3/h6-9,14-16,22,29H,4-5,10-13,17-19H2,1-3H3/t22-/m0/s1. The topological polar surface area (TPSA) is 95.2 Å². The number of aromatic nitrogens is 1. The number of hydrogen-bond donors (Lipinski definition) is 1. The van der Waals surface area contributed by atoms with Gasteiger partial charge in [-0.2, -0.15) is 4.31 Å². The third-order valence-electron chi connectivity index (χ3n) is 7.39. The van der Waals surface area contributed by atoms with Crippen molar-refractivity contribution in [1.29, 1.82) is 0 Å². The van der Waals surface area contributed by atoms with Gasteiger partial charge in [0, 0.05) is 68.2 Å². The number of amides is 1. The number of likely N-dealkylation sites (N-methyl/N-ethyl adjacent to an activating group) is 1. The largest absolute Gasteiger partial charge is 0.382 e. The first-order valence-electron chi connectivity index (χ1n) is 13.1. The van der Waals surface area contributed by atoms with E-state index in [1.165, 1.54) is 7.05 Å². The van der Waals surface area contributed by atoms with Crippen molar-refractivity contribution in [3.8, 4) is 11.3 Å². The third kappa shape index (κ3) is 5.44. The Kier molecular flexibility index (Phi) is 7.76. The number of anilines is 1. The first-order chi connectivity index (χ1) is 18.3. The zero-order valence-electron chi connectivity index (χ0n) is 22.3. The van der Waals surface area contributed by atoms with Crippen molar-refractivity contribution in [2.24, 2.45) is 0 Å². The molecule has 0 spiro atoms. The Balaban J connectivity index is 1.43. The summed E-state index contributed by atoms with van der Waals surface area (Å²) < 4.78 is 39.2. The van der Waals surface area contributed by atoms with Crippen molar-refractivity contribution in [1.82, 2.24) is 14.2 Å². The fourth-order valence-electron chi connectivity index (χ4n) is 5.30. The summed E-state index contributed by atoms with van der Waals surface area (Å²) in [5, 5.41) is 1.08. The minimum absolute atomic E-state index is 0.167. The summed E-state index contributed by atoms with van der Waals surface area (Å²) in [5.74, 6) is -0.250. The maximum atomic E-state index is 13.6. The normalized spacial score (nSPS) is 18.6. The number of fused-ring (bicyclic) bond motifs is 1. The maximum absolute atomic E-state index is 13.6. The number of aromatic amines is 1. The van der Waals surface area contributed by atoms with Gasteiger partial charge in [-0.3, -0.25) is 4.79 Å². The summed E-state index contributed by atoms with van der Waals surface area (Å²) in [6.07, 6.45) is 2.02. The monoisotopic (exact) mass is 540 g/mol. The molecule has 204 valence electrons. The lowest BCUT2D eigenvalue weighted by molar-refractivity contribution is -0.140. The van der Waals surface area contributed by atoms with E-state index < -0.39 is 10.0 Å². The molecule has 5 rings (SSSR count). The number of ether oxygens (including phenoxy) is 2. The molecule has 2 aliphatic rings. The van der Waals surface area contributed by atoms with Crippen LogP contribution in [0.1, 0.15) is 18.4 Å². The first-order valence-corrected chi connectivity index (χ1v) is 14.5. The van der Waals surface area contributed by atoms with Gasteiger partial charge < -0.3 is 24.3 Å². The molecule has 2 saturated heterocycles. The molecular formula is C28H36N4O5S. The molecule has 10 heteroatoms. The second kappa shape index (κ2) is 11.1. The van der Waals surface area contributed by atoms with E-state index in [1.54, 1.807) is 24.1 Å². The Morgan fingerprint density at radius 3 is 2.68 bits per heavy atom. The number of carbonyl (C=O) groups excluding carboxylic acids is 1. The molecule has 0 aliphatic carbocycles. The van der Waals surface area contributed by atoms with Crippen LogP contribution in [0, 0.1) is 6.92 Å². The van der Waals surface area contributed by atoms with E-state index in [-0.39, 0.29) is 23.5 Å². The molecule has 1 amide bonds. The van der Waals surface area contributed by atoms with Crippen LogP contribution < -0.4 is 4.90 Å². The number of methoxy groups -OCH3 is 1. The second-order valence-corrected chi connectivity index (χ2v) is 12.2. The zero-order valence-corrected chi connectivity index (χ0v) is 23.1. The Hall–Kier alpha value is -2.92. The summed E-state index contributed by atoms with van der Waals surface area (Å²) in [4.78, 5) is 20.6. The van der Waals surface area contributed by atoms with Crippen LogP contribution in [0.3, 0.4) is 0 Å². The van der Waals surface area contributed by atoms with Crippen LogP contribution in [-0.4, -0.2) is 94.7 Å². The van der Waals surface area contributed by atoms with E-state index in [4.69, 9.17) is 9.47 Å². The molecule has 2 aromatic carbocycles. The highest BCUT2D eigenvalue weighted by Crippen LogP contribution is 2.36. The number of rotatable bonds is 8. The summed E-state index contributed by atoms with van der Waals surface area (Å²) in [5.41, 5.74) is 4.90. The van der Waals surface area contributed by atoms with Crippen molar-refractivity contribution < 1.29 is 22.7 Å². The number of H-pyrrole nitrogens is 1. The molecular weight excluding hydrogens is 504 g/mol. The highest BCUT2D eigenvalue weighted by molar-refractivity contribution is 7.89. The highest BCUT2D eigenvalue weighted by atomic mass is 32.2. The van der Waals surface area contributed by atoms with Gasteiger partial charge in [0.25, 0.3) is 0 Å². The number of morpholine rings is 1. The molecule has 2 aliphatic heterocycles. The molecule has 1 aromatic heterocycles. The van der Waals surface area contributed by atoms with Gasteiger partial charge in [-0.05, 0) is 55.7 Å². The predicted octanol–water partition coefficient (Wildman–Crippen LogP) is 3.24. The summed E-state index contributed by atoms with van der Waals surface area (Å²) >= 11 is 0. The SMILES string of the molecule is COC[C@@H]1CN(C(=O)CN(C)S(=O)(=O)c2ccc(N3CCCC3)c(-c3cc4ccc(C)cc4[nH]3)c2)CCO1. The van der Waals surface area contributed by atoms with Gasteiger partial charge in [0.15, 0.2) is 0 Å². The Bertz CT molecular complexity index is 1410. The number of sulfonamides is 1. The minimum Gasteiger partial charge on any atom is -0.382 e. The van der Waals surface area contributed by atoms with Crippen LogP contribution in [0.15, 0.2) is 47.4 Å². The average molecular weight is 541 g/mol. The lowest BCUT2D eigenvalue weighted by atomic mass is 10.1. The van der Waals surface area contributed by atoms with Crippen molar-refractivity contribution in [2.75, 3.05) is 65.0 Å². The van der Waals surface area contributed by atoms with Crippen LogP contribution in [0.5, 0.6) is 0 Å². The van der Waals surface area contributed by atoms with Crippen molar-refractivity contribution in [3.05, 3.63) is 48.0 Å². The van der Waals surface area contributed by atoms with Crippen molar-refractivity contribution >= 4 is 32.5 Å². The van der Waals surface area contributed by atoms with E-state index >= 15 is 0 Å². The molecule has 2 fully saturated rings. The minimum atomic E-state index is -3.91. The molecule has 0 radical (unpaired) electrons. The van der Waals surface area contributed by atoms with Crippen LogP contribution in [0.4, 0.5) is 5.69 Å². The van der Waals surface area contributed by atoms with Gasteiger partial charge in [0.2, 0.25) is 15.9 Å². The van der Waals surface area contributed by atoms with Gasteiger partial charge >= 0.3 is 0 Å². The quantitative estimate of drug-likeness (QED) is 0.472. The molecule has 1 N–H and O–H groups in total. The molecule has 0 unspecified atom stereocenters. The summed E-state index contributed by atoms with van der Waals surface area (Å²) in [7, 11) is -0.860. The third-order valence-corrected chi connectivity index (χ3v) is 9.19. The van der Waals surface area contributed by atoms with Crippen LogP contribution >= 0.6 is 0 Å². The Labute approximate surface area is 224 Å².